The summed E-state index contributed by atoms with van der Waals surface area (Å²) in [6.45, 7) is 2.69. The standard InChI is InChI=1S/C19H21Cl3N2O/c1-25-19-13(9-14(20)10-17(19)22)12-23-15-5-6-18(16(21)11-15)24-7-3-2-4-8-24/h5-6,9-11,23H,2-4,7-8,12H2,1H3. The fourth-order valence-electron chi connectivity index (χ4n) is 3.18. The normalized spacial score (nSPS) is 14.5. The lowest BCUT2D eigenvalue weighted by Crippen LogP contribution is -2.29. The van der Waals surface area contributed by atoms with E-state index in [4.69, 9.17) is 39.5 Å². The minimum atomic E-state index is 0.505. The van der Waals surface area contributed by atoms with E-state index in [0.717, 1.165) is 35.1 Å². The highest BCUT2D eigenvalue weighted by molar-refractivity contribution is 6.35. The lowest BCUT2D eigenvalue weighted by atomic mass is 10.1. The molecule has 1 heterocycles. The maximum atomic E-state index is 6.50. The van der Waals surface area contributed by atoms with Crippen LogP contribution in [0.3, 0.4) is 0 Å². The van der Waals surface area contributed by atoms with Crippen molar-refractivity contribution in [1.29, 1.82) is 0 Å². The third-order valence-electron chi connectivity index (χ3n) is 4.42. The molecule has 0 unspecified atom stereocenters. The first-order valence-corrected chi connectivity index (χ1v) is 9.52. The second-order valence-electron chi connectivity index (χ2n) is 6.15. The van der Waals surface area contributed by atoms with Gasteiger partial charge in [0.05, 0.1) is 22.8 Å². The van der Waals surface area contributed by atoms with Crippen molar-refractivity contribution in [3.63, 3.8) is 0 Å². The fraction of sp³-hybridized carbons (Fsp3) is 0.368. The molecule has 0 radical (unpaired) electrons. The molecule has 134 valence electrons. The monoisotopic (exact) mass is 398 g/mol. The Labute approximate surface area is 163 Å². The van der Waals surface area contributed by atoms with E-state index in [1.807, 2.05) is 12.1 Å². The smallest absolute Gasteiger partial charge is 0.142 e. The number of piperidine rings is 1. The van der Waals surface area contributed by atoms with Crippen molar-refractivity contribution in [2.45, 2.75) is 25.8 Å². The van der Waals surface area contributed by atoms with Gasteiger partial charge in [-0.15, -0.1) is 0 Å². The van der Waals surface area contributed by atoms with E-state index in [0.29, 0.717) is 22.3 Å². The topological polar surface area (TPSA) is 24.5 Å². The molecule has 1 aliphatic rings. The van der Waals surface area contributed by atoms with Gasteiger partial charge >= 0.3 is 0 Å². The first-order chi connectivity index (χ1) is 12.1. The predicted octanol–water partition coefficient (Wildman–Crippen LogP) is 6.26. The summed E-state index contributed by atoms with van der Waals surface area (Å²) in [5.74, 6) is 0.634. The molecular weight excluding hydrogens is 379 g/mol. The molecule has 1 N–H and O–H groups in total. The van der Waals surface area contributed by atoms with Gasteiger partial charge in [-0.1, -0.05) is 34.8 Å². The number of methoxy groups -OCH3 is 1. The predicted molar refractivity (Wildman–Crippen MR) is 108 cm³/mol. The van der Waals surface area contributed by atoms with Crippen LogP contribution in [0, 0.1) is 0 Å². The summed E-state index contributed by atoms with van der Waals surface area (Å²) in [6, 6.07) is 9.62. The zero-order valence-corrected chi connectivity index (χ0v) is 16.4. The molecule has 2 aromatic carbocycles. The van der Waals surface area contributed by atoms with Crippen LogP contribution in [0.1, 0.15) is 24.8 Å². The lowest BCUT2D eigenvalue weighted by molar-refractivity contribution is 0.410. The Morgan fingerprint density at radius 2 is 1.76 bits per heavy atom. The number of nitrogens with one attached hydrogen (secondary N) is 1. The summed E-state index contributed by atoms with van der Waals surface area (Å²) < 4.78 is 5.38. The number of benzene rings is 2. The van der Waals surface area contributed by atoms with E-state index >= 15 is 0 Å². The first-order valence-electron chi connectivity index (χ1n) is 8.39. The van der Waals surface area contributed by atoms with Gasteiger partial charge in [-0.2, -0.15) is 0 Å². The molecular formula is C19H21Cl3N2O. The highest BCUT2D eigenvalue weighted by Crippen LogP contribution is 2.34. The van der Waals surface area contributed by atoms with Crippen LogP contribution in [0.5, 0.6) is 5.75 Å². The highest BCUT2D eigenvalue weighted by Gasteiger charge is 2.14. The minimum absolute atomic E-state index is 0.505. The second kappa shape index (κ2) is 8.39. The van der Waals surface area contributed by atoms with Gasteiger partial charge in [-0.3, -0.25) is 0 Å². The third-order valence-corrected chi connectivity index (χ3v) is 5.22. The molecule has 0 aliphatic carbocycles. The molecule has 1 saturated heterocycles. The Balaban J connectivity index is 1.73. The van der Waals surface area contributed by atoms with Crippen molar-refractivity contribution in [2.75, 3.05) is 30.4 Å². The molecule has 1 fully saturated rings. The molecule has 0 atom stereocenters. The van der Waals surface area contributed by atoms with Gasteiger partial charge in [-0.05, 0) is 49.6 Å². The largest absolute Gasteiger partial charge is 0.495 e. The highest BCUT2D eigenvalue weighted by atomic mass is 35.5. The van der Waals surface area contributed by atoms with Crippen LogP contribution in [-0.2, 0) is 6.54 Å². The van der Waals surface area contributed by atoms with Crippen molar-refractivity contribution in [2.24, 2.45) is 0 Å². The van der Waals surface area contributed by atoms with Crippen LogP contribution in [0.15, 0.2) is 30.3 Å². The van der Waals surface area contributed by atoms with Gasteiger partial charge in [0, 0.05) is 35.9 Å². The van der Waals surface area contributed by atoms with Gasteiger partial charge in [0.1, 0.15) is 5.75 Å². The molecule has 6 heteroatoms. The van der Waals surface area contributed by atoms with Gasteiger partial charge < -0.3 is 15.0 Å². The van der Waals surface area contributed by atoms with Crippen LogP contribution < -0.4 is 15.0 Å². The number of nitrogens with zero attached hydrogens (tertiary/aromatic N) is 1. The van der Waals surface area contributed by atoms with Crippen molar-refractivity contribution >= 4 is 46.2 Å². The molecule has 3 rings (SSSR count). The molecule has 1 aliphatic heterocycles. The maximum absolute atomic E-state index is 6.50. The summed E-state index contributed by atoms with van der Waals surface area (Å²) in [6.07, 6.45) is 3.76. The maximum Gasteiger partial charge on any atom is 0.142 e. The quantitative estimate of drug-likeness (QED) is 0.642. The van der Waals surface area contributed by atoms with Crippen molar-refractivity contribution in [1.82, 2.24) is 0 Å². The van der Waals surface area contributed by atoms with E-state index in [-0.39, 0.29) is 0 Å². The molecule has 0 saturated carbocycles. The van der Waals surface area contributed by atoms with Crippen LogP contribution in [-0.4, -0.2) is 20.2 Å². The number of hydrogen-bond acceptors (Lipinski definition) is 3. The fourth-order valence-corrected chi connectivity index (χ4v) is 4.09. The van der Waals surface area contributed by atoms with Crippen LogP contribution >= 0.6 is 34.8 Å². The average molecular weight is 400 g/mol. The second-order valence-corrected chi connectivity index (χ2v) is 7.40. The summed E-state index contributed by atoms with van der Waals surface area (Å²) in [5.41, 5.74) is 2.95. The SMILES string of the molecule is COc1c(Cl)cc(Cl)cc1CNc1ccc(N2CCCCC2)c(Cl)c1. The van der Waals surface area contributed by atoms with E-state index in [9.17, 15) is 0 Å². The number of rotatable bonds is 5. The molecule has 0 aromatic heterocycles. The number of hydrogen-bond donors (Lipinski definition) is 1. The number of halogens is 3. The molecule has 0 spiro atoms. The Bertz CT molecular complexity index is 746. The van der Waals surface area contributed by atoms with E-state index < -0.39 is 0 Å². The van der Waals surface area contributed by atoms with Gasteiger partial charge in [0.2, 0.25) is 0 Å². The van der Waals surface area contributed by atoms with Gasteiger partial charge in [0.25, 0.3) is 0 Å². The zero-order valence-electron chi connectivity index (χ0n) is 14.1. The molecule has 25 heavy (non-hydrogen) atoms. The Morgan fingerprint density at radius 3 is 2.44 bits per heavy atom. The lowest BCUT2D eigenvalue weighted by Gasteiger charge is -2.29. The van der Waals surface area contributed by atoms with Crippen molar-refractivity contribution in [3.05, 3.63) is 51.0 Å². The van der Waals surface area contributed by atoms with E-state index in [1.165, 1.54) is 19.3 Å². The third kappa shape index (κ3) is 4.46. The number of anilines is 2. The number of ether oxygens (including phenoxy) is 1. The van der Waals surface area contributed by atoms with Crippen LogP contribution in [0.25, 0.3) is 0 Å². The molecule has 2 aromatic rings. The first kappa shape index (κ1) is 18.5. The Kier molecular flexibility index (Phi) is 6.21. The van der Waals surface area contributed by atoms with Crippen molar-refractivity contribution in [3.8, 4) is 5.75 Å². The summed E-state index contributed by atoms with van der Waals surface area (Å²) in [7, 11) is 1.60. The van der Waals surface area contributed by atoms with Crippen LogP contribution in [0.2, 0.25) is 15.1 Å². The van der Waals surface area contributed by atoms with Crippen LogP contribution in [0.4, 0.5) is 11.4 Å². The minimum Gasteiger partial charge on any atom is -0.495 e. The Morgan fingerprint density at radius 1 is 1.00 bits per heavy atom. The molecule has 0 bridgehead atoms. The Hall–Kier alpha value is -1.29. The summed E-state index contributed by atoms with van der Waals surface area (Å²) in [4.78, 5) is 2.36. The zero-order chi connectivity index (χ0) is 17.8. The van der Waals surface area contributed by atoms with Crippen molar-refractivity contribution < 1.29 is 4.74 Å². The molecule has 3 nitrogen and oxygen atoms in total. The van der Waals surface area contributed by atoms with E-state index in [2.05, 4.69) is 22.3 Å². The average Bonchev–Trinajstić information content (AvgIpc) is 2.60. The van der Waals surface area contributed by atoms with Gasteiger partial charge in [0.15, 0.2) is 0 Å². The van der Waals surface area contributed by atoms with E-state index in [1.54, 1.807) is 13.2 Å². The molecule has 0 amide bonds. The summed E-state index contributed by atoms with van der Waals surface area (Å²) in [5, 5.41) is 5.22. The van der Waals surface area contributed by atoms with Gasteiger partial charge in [-0.25, -0.2) is 0 Å². The summed E-state index contributed by atoms with van der Waals surface area (Å²) >= 11 is 18.8.